The van der Waals surface area contributed by atoms with E-state index in [9.17, 15) is 4.79 Å². The molecule has 0 spiro atoms. The molecular formula is C8H8ClIN4O. The first kappa shape index (κ1) is 12.1. The van der Waals surface area contributed by atoms with Crippen molar-refractivity contribution in [1.82, 2.24) is 5.32 Å². The Bertz CT molecular complexity index is 421. The number of hydrogen-bond donors (Lipinski definition) is 3. The number of primary amides is 1. The number of benzene rings is 1. The van der Waals surface area contributed by atoms with Crippen LogP contribution in [0.15, 0.2) is 23.2 Å². The van der Waals surface area contributed by atoms with Gasteiger partial charge in [-0.05, 0) is 40.8 Å². The normalized spacial score (nSPS) is 11.2. The lowest BCUT2D eigenvalue weighted by Gasteiger charge is -2.02. The van der Waals surface area contributed by atoms with E-state index in [1.807, 2.05) is 0 Å². The summed E-state index contributed by atoms with van der Waals surface area (Å²) in [4.78, 5) is 14.4. The molecule has 1 aromatic carbocycles. The van der Waals surface area contributed by atoms with E-state index in [-0.39, 0.29) is 5.96 Å². The van der Waals surface area contributed by atoms with E-state index in [0.717, 1.165) is 3.57 Å². The standard InChI is InChI=1S/C8H8ClIN4O/c9-4-1-2-6(5(10)3-4)13-7(11)14-8(12)15/h1-3H,(H5,11,12,13,14,15). The van der Waals surface area contributed by atoms with Crippen molar-refractivity contribution in [3.63, 3.8) is 0 Å². The Balaban J connectivity index is 2.92. The molecule has 7 heteroatoms. The van der Waals surface area contributed by atoms with Crippen molar-refractivity contribution in [2.24, 2.45) is 16.5 Å². The van der Waals surface area contributed by atoms with Crippen LogP contribution >= 0.6 is 34.2 Å². The number of guanidine groups is 1. The molecule has 0 aromatic heterocycles. The predicted octanol–water partition coefficient (Wildman–Crippen LogP) is 1.56. The Morgan fingerprint density at radius 1 is 1.47 bits per heavy atom. The second kappa shape index (κ2) is 5.17. The van der Waals surface area contributed by atoms with Gasteiger partial charge in [-0.2, -0.15) is 0 Å². The average Bonchev–Trinajstić information content (AvgIpc) is 2.08. The number of aliphatic imine (C=N–C) groups is 1. The van der Waals surface area contributed by atoms with E-state index >= 15 is 0 Å². The van der Waals surface area contributed by atoms with Crippen LogP contribution in [-0.4, -0.2) is 12.0 Å². The number of nitrogens with two attached hydrogens (primary N) is 2. The second-order valence-corrected chi connectivity index (χ2v) is 4.18. The minimum absolute atomic E-state index is 0.0530. The zero-order valence-electron chi connectivity index (χ0n) is 7.50. The molecule has 1 rings (SSSR count). The van der Waals surface area contributed by atoms with E-state index < -0.39 is 6.03 Å². The van der Waals surface area contributed by atoms with Gasteiger partial charge in [0.25, 0.3) is 0 Å². The topological polar surface area (TPSA) is 93.5 Å². The summed E-state index contributed by atoms with van der Waals surface area (Å²) in [5, 5.41) is 2.77. The SMILES string of the molecule is NC(=O)NC(N)=Nc1ccc(Cl)cc1I. The summed E-state index contributed by atoms with van der Waals surface area (Å²) in [7, 11) is 0. The van der Waals surface area contributed by atoms with Gasteiger partial charge in [0, 0.05) is 8.59 Å². The third-order valence-electron chi connectivity index (χ3n) is 1.40. The molecule has 0 radical (unpaired) electrons. The quantitative estimate of drug-likeness (QED) is 0.412. The predicted molar refractivity (Wildman–Crippen MR) is 68.2 cm³/mol. The van der Waals surface area contributed by atoms with Crippen molar-refractivity contribution < 1.29 is 4.79 Å². The van der Waals surface area contributed by atoms with Gasteiger partial charge in [-0.1, -0.05) is 11.6 Å². The van der Waals surface area contributed by atoms with Gasteiger partial charge in [0.2, 0.25) is 5.96 Å². The van der Waals surface area contributed by atoms with Crippen molar-refractivity contribution in [2.75, 3.05) is 0 Å². The molecule has 2 amide bonds. The van der Waals surface area contributed by atoms with E-state index in [2.05, 4.69) is 32.9 Å². The van der Waals surface area contributed by atoms with Crippen LogP contribution in [0, 0.1) is 3.57 Å². The Kier molecular flexibility index (Phi) is 4.15. The minimum atomic E-state index is -0.750. The summed E-state index contributed by atoms with van der Waals surface area (Å²) in [5.74, 6) is -0.0530. The number of hydrogen-bond acceptors (Lipinski definition) is 2. The van der Waals surface area contributed by atoms with Gasteiger partial charge in [-0.25, -0.2) is 9.79 Å². The molecule has 15 heavy (non-hydrogen) atoms. The molecule has 0 saturated heterocycles. The lowest BCUT2D eigenvalue weighted by atomic mass is 10.3. The highest BCUT2D eigenvalue weighted by Crippen LogP contribution is 2.24. The largest absolute Gasteiger partial charge is 0.369 e. The molecule has 0 saturated carbocycles. The highest BCUT2D eigenvalue weighted by Gasteiger charge is 2.01. The fraction of sp³-hybridized carbons (Fsp3) is 0. The van der Waals surface area contributed by atoms with Crippen molar-refractivity contribution in [2.45, 2.75) is 0 Å². The molecular weight excluding hydrogens is 330 g/mol. The van der Waals surface area contributed by atoms with Crippen LogP contribution in [0.3, 0.4) is 0 Å². The van der Waals surface area contributed by atoms with Crippen LogP contribution in [-0.2, 0) is 0 Å². The molecule has 5 N–H and O–H groups in total. The van der Waals surface area contributed by atoms with Gasteiger partial charge in [-0.15, -0.1) is 0 Å². The summed E-state index contributed by atoms with van der Waals surface area (Å²) >= 11 is 7.83. The molecule has 0 aliphatic heterocycles. The van der Waals surface area contributed by atoms with Gasteiger partial charge in [-0.3, -0.25) is 5.32 Å². The summed E-state index contributed by atoms with van der Waals surface area (Å²) in [6.45, 7) is 0. The van der Waals surface area contributed by atoms with Crippen LogP contribution in [0.1, 0.15) is 0 Å². The maximum atomic E-state index is 10.5. The molecule has 0 aliphatic carbocycles. The number of nitrogens with zero attached hydrogens (tertiary/aromatic N) is 1. The van der Waals surface area contributed by atoms with Gasteiger partial charge in [0.15, 0.2) is 0 Å². The number of carbonyl (C=O) groups excluding carboxylic acids is 1. The van der Waals surface area contributed by atoms with Crippen LogP contribution in [0.25, 0.3) is 0 Å². The minimum Gasteiger partial charge on any atom is -0.369 e. The van der Waals surface area contributed by atoms with E-state index in [0.29, 0.717) is 10.7 Å². The highest BCUT2D eigenvalue weighted by molar-refractivity contribution is 14.1. The molecule has 0 unspecified atom stereocenters. The van der Waals surface area contributed by atoms with E-state index in [1.165, 1.54) is 0 Å². The zero-order chi connectivity index (χ0) is 11.4. The monoisotopic (exact) mass is 338 g/mol. The molecule has 0 heterocycles. The van der Waals surface area contributed by atoms with Gasteiger partial charge >= 0.3 is 6.03 Å². The summed E-state index contributed by atoms with van der Waals surface area (Å²) < 4.78 is 0.828. The number of nitrogens with one attached hydrogen (secondary N) is 1. The van der Waals surface area contributed by atoms with E-state index in [1.54, 1.807) is 18.2 Å². The van der Waals surface area contributed by atoms with Crippen LogP contribution in [0.5, 0.6) is 0 Å². The molecule has 0 bridgehead atoms. The Morgan fingerprint density at radius 3 is 2.67 bits per heavy atom. The third-order valence-corrected chi connectivity index (χ3v) is 2.50. The zero-order valence-corrected chi connectivity index (χ0v) is 10.4. The fourth-order valence-electron chi connectivity index (χ4n) is 0.856. The van der Waals surface area contributed by atoms with E-state index in [4.69, 9.17) is 23.1 Å². The lowest BCUT2D eigenvalue weighted by molar-refractivity contribution is 0.253. The number of amides is 2. The number of rotatable bonds is 1. The first-order chi connectivity index (χ1) is 6.99. The highest BCUT2D eigenvalue weighted by atomic mass is 127. The Morgan fingerprint density at radius 2 is 2.13 bits per heavy atom. The van der Waals surface area contributed by atoms with Crippen molar-refractivity contribution in [1.29, 1.82) is 0 Å². The molecule has 1 aromatic rings. The number of carbonyl (C=O) groups is 1. The fourth-order valence-corrected chi connectivity index (χ4v) is 1.85. The van der Waals surface area contributed by atoms with Crippen LogP contribution < -0.4 is 16.8 Å². The molecule has 5 nitrogen and oxygen atoms in total. The smallest absolute Gasteiger partial charge is 0.318 e. The molecule has 80 valence electrons. The van der Waals surface area contributed by atoms with Crippen LogP contribution in [0.4, 0.5) is 10.5 Å². The molecule has 0 atom stereocenters. The van der Waals surface area contributed by atoms with Gasteiger partial charge in [0.05, 0.1) is 5.69 Å². The first-order valence-corrected chi connectivity index (χ1v) is 5.30. The van der Waals surface area contributed by atoms with Gasteiger partial charge in [0.1, 0.15) is 0 Å². The Labute approximate surface area is 105 Å². The summed E-state index contributed by atoms with van der Waals surface area (Å²) in [5.41, 5.74) is 10.9. The number of urea groups is 1. The maximum absolute atomic E-state index is 10.5. The number of halogens is 2. The average molecular weight is 339 g/mol. The molecule has 0 aliphatic rings. The van der Waals surface area contributed by atoms with Gasteiger partial charge < -0.3 is 11.5 Å². The lowest BCUT2D eigenvalue weighted by Crippen LogP contribution is -2.39. The van der Waals surface area contributed by atoms with Crippen molar-refractivity contribution in [3.05, 3.63) is 26.8 Å². The maximum Gasteiger partial charge on any atom is 0.318 e. The first-order valence-electron chi connectivity index (χ1n) is 3.84. The van der Waals surface area contributed by atoms with Crippen molar-refractivity contribution in [3.8, 4) is 0 Å². The Hall–Kier alpha value is -1.02. The second-order valence-electron chi connectivity index (χ2n) is 2.58. The summed E-state index contributed by atoms with van der Waals surface area (Å²) in [6.07, 6.45) is 0. The van der Waals surface area contributed by atoms with Crippen molar-refractivity contribution >= 4 is 51.9 Å². The summed E-state index contributed by atoms with van der Waals surface area (Å²) in [6, 6.07) is 4.36. The molecule has 0 fully saturated rings. The van der Waals surface area contributed by atoms with Crippen LogP contribution in [0.2, 0.25) is 5.02 Å². The third kappa shape index (κ3) is 3.92.